The number of nitrogens with zero attached hydrogens (tertiary/aromatic N) is 1. The maximum absolute atomic E-state index is 13.5. The maximum Gasteiger partial charge on any atom is 0.341 e. The Labute approximate surface area is 202 Å². The van der Waals surface area contributed by atoms with Crippen molar-refractivity contribution >= 4 is 39.1 Å². The van der Waals surface area contributed by atoms with Crippen LogP contribution in [0.3, 0.4) is 0 Å². The summed E-state index contributed by atoms with van der Waals surface area (Å²) < 4.78 is 10.5. The fourth-order valence-corrected chi connectivity index (χ4v) is 5.11. The number of amides is 1. The number of benzene rings is 2. The number of aromatic nitrogens is 1. The van der Waals surface area contributed by atoms with E-state index in [1.54, 1.807) is 6.07 Å². The second-order valence-electron chi connectivity index (χ2n) is 7.67. The highest BCUT2D eigenvalue weighted by molar-refractivity contribution is 7.16. The van der Waals surface area contributed by atoms with Gasteiger partial charge in [-0.2, -0.15) is 0 Å². The van der Waals surface area contributed by atoms with Crippen molar-refractivity contribution in [3.05, 3.63) is 76.2 Å². The van der Waals surface area contributed by atoms with Gasteiger partial charge < -0.3 is 14.8 Å². The van der Waals surface area contributed by atoms with Gasteiger partial charge in [0.1, 0.15) is 10.8 Å². The lowest BCUT2D eigenvalue weighted by atomic mass is 10.0. The highest BCUT2D eigenvalue weighted by Gasteiger charge is 2.24. The second-order valence-corrected chi connectivity index (χ2v) is 8.89. The summed E-state index contributed by atoms with van der Waals surface area (Å²) in [7, 11) is 1.35. The van der Waals surface area contributed by atoms with E-state index in [0.717, 1.165) is 27.1 Å². The molecule has 174 valence electrons. The fraction of sp³-hybridized carbons (Fsp3) is 0.222. The molecule has 7 heteroatoms. The molecule has 0 fully saturated rings. The average Bonchev–Trinajstić information content (AvgIpc) is 3.17. The molecule has 0 radical (unpaired) electrons. The first kappa shape index (κ1) is 23.4. The third-order valence-corrected chi connectivity index (χ3v) is 6.66. The second kappa shape index (κ2) is 10.1. The number of hydrogen-bond donors (Lipinski definition) is 1. The quantitative estimate of drug-likeness (QED) is 0.319. The number of aryl methyl sites for hydroxylation is 1. The number of thiophene rings is 1. The lowest BCUT2D eigenvalue weighted by molar-refractivity contribution is 0.0601. The number of para-hydroxylation sites is 1. The number of nitrogens with one attached hydrogen (secondary N) is 1. The van der Waals surface area contributed by atoms with Crippen LogP contribution in [0.4, 0.5) is 5.00 Å². The largest absolute Gasteiger partial charge is 0.494 e. The van der Waals surface area contributed by atoms with Crippen LogP contribution >= 0.6 is 11.3 Å². The summed E-state index contributed by atoms with van der Waals surface area (Å²) in [4.78, 5) is 31.8. The molecular formula is C27H26N2O4S. The van der Waals surface area contributed by atoms with Crippen molar-refractivity contribution in [2.45, 2.75) is 27.2 Å². The van der Waals surface area contributed by atoms with Crippen LogP contribution in [0, 0.1) is 6.92 Å². The van der Waals surface area contributed by atoms with Crippen molar-refractivity contribution in [1.82, 2.24) is 4.98 Å². The Kier molecular flexibility index (Phi) is 6.93. The highest BCUT2D eigenvalue weighted by Crippen LogP contribution is 2.35. The van der Waals surface area contributed by atoms with Crippen LogP contribution in [0.2, 0.25) is 0 Å². The zero-order valence-corrected chi connectivity index (χ0v) is 20.4. The van der Waals surface area contributed by atoms with Crippen molar-refractivity contribution in [2.75, 3.05) is 19.0 Å². The monoisotopic (exact) mass is 474 g/mol. The lowest BCUT2D eigenvalue weighted by Gasteiger charge is -2.11. The predicted octanol–water partition coefficient (Wildman–Crippen LogP) is 6.27. The van der Waals surface area contributed by atoms with Gasteiger partial charge in [-0.15, -0.1) is 11.3 Å². The zero-order chi connectivity index (χ0) is 24.2. The molecule has 34 heavy (non-hydrogen) atoms. The molecule has 0 spiro atoms. The van der Waals surface area contributed by atoms with Crippen LogP contribution in [0.5, 0.6) is 5.75 Å². The first-order chi connectivity index (χ1) is 16.5. The standard InChI is InChI=1S/C27H26N2O4S/c1-5-19-16(3)34-26(24(19)27(31)32-4)29-25(30)21-15-23(28-22-10-8-7-9-20(21)22)17-11-13-18(14-12-17)33-6-2/h7-15H,5-6H2,1-4H3,(H,29,30). The number of rotatable bonds is 7. The van der Waals surface area contributed by atoms with Crippen LogP contribution in [-0.4, -0.2) is 30.6 Å². The molecule has 0 aliphatic heterocycles. The molecule has 4 aromatic rings. The van der Waals surface area contributed by atoms with Gasteiger partial charge in [0, 0.05) is 15.8 Å². The molecule has 0 aliphatic carbocycles. The molecule has 2 heterocycles. The Balaban J connectivity index is 1.77. The van der Waals surface area contributed by atoms with E-state index in [9.17, 15) is 9.59 Å². The van der Waals surface area contributed by atoms with Crippen molar-refractivity contribution in [3.8, 4) is 17.0 Å². The van der Waals surface area contributed by atoms with Gasteiger partial charge >= 0.3 is 5.97 Å². The number of fused-ring (bicyclic) bond motifs is 1. The average molecular weight is 475 g/mol. The number of carbonyl (C=O) groups excluding carboxylic acids is 2. The highest BCUT2D eigenvalue weighted by atomic mass is 32.1. The molecule has 0 aliphatic rings. The fourth-order valence-electron chi connectivity index (χ4n) is 3.98. The number of methoxy groups -OCH3 is 1. The minimum absolute atomic E-state index is 0.306. The number of pyridine rings is 1. The molecule has 0 unspecified atom stereocenters. The molecule has 1 N–H and O–H groups in total. The van der Waals surface area contributed by atoms with Gasteiger partial charge in [0.2, 0.25) is 0 Å². The molecule has 2 aromatic heterocycles. The Morgan fingerprint density at radius 2 is 1.79 bits per heavy atom. The van der Waals surface area contributed by atoms with Crippen LogP contribution < -0.4 is 10.1 Å². The molecular weight excluding hydrogens is 448 g/mol. The van der Waals surface area contributed by atoms with E-state index in [1.807, 2.05) is 69.3 Å². The van der Waals surface area contributed by atoms with Gasteiger partial charge in [-0.05, 0) is 62.2 Å². The minimum Gasteiger partial charge on any atom is -0.494 e. The third kappa shape index (κ3) is 4.52. The van der Waals surface area contributed by atoms with Crippen LogP contribution in [0.1, 0.15) is 45.0 Å². The summed E-state index contributed by atoms with van der Waals surface area (Å²) in [5.41, 5.74) is 4.06. The smallest absolute Gasteiger partial charge is 0.341 e. The predicted molar refractivity (Wildman–Crippen MR) is 136 cm³/mol. The normalized spacial score (nSPS) is 10.8. The Hall–Kier alpha value is -3.71. The van der Waals surface area contributed by atoms with E-state index in [2.05, 4.69) is 5.32 Å². The molecule has 1 amide bonds. The Bertz CT molecular complexity index is 1360. The van der Waals surface area contributed by atoms with Gasteiger partial charge in [-0.25, -0.2) is 9.78 Å². The number of anilines is 1. The van der Waals surface area contributed by atoms with Crippen LogP contribution in [0.25, 0.3) is 22.2 Å². The van der Waals surface area contributed by atoms with Crippen molar-refractivity contribution in [1.29, 1.82) is 0 Å². The van der Waals surface area contributed by atoms with Crippen molar-refractivity contribution in [2.24, 2.45) is 0 Å². The van der Waals surface area contributed by atoms with Gasteiger partial charge in [-0.1, -0.05) is 25.1 Å². The zero-order valence-electron chi connectivity index (χ0n) is 19.6. The molecule has 2 aromatic carbocycles. The number of carbonyl (C=O) groups is 2. The molecule has 0 atom stereocenters. The van der Waals surface area contributed by atoms with Gasteiger partial charge in [0.05, 0.1) is 36.1 Å². The summed E-state index contributed by atoms with van der Waals surface area (Å²) in [6.45, 7) is 6.45. The number of ether oxygens (including phenoxy) is 2. The van der Waals surface area contributed by atoms with Gasteiger partial charge in [0.15, 0.2) is 0 Å². The van der Waals surface area contributed by atoms with Crippen molar-refractivity contribution in [3.63, 3.8) is 0 Å². The van der Waals surface area contributed by atoms with Crippen LogP contribution in [0.15, 0.2) is 54.6 Å². The van der Waals surface area contributed by atoms with E-state index in [-0.39, 0.29) is 5.91 Å². The summed E-state index contributed by atoms with van der Waals surface area (Å²) in [6.07, 6.45) is 0.669. The number of hydrogen-bond acceptors (Lipinski definition) is 6. The lowest BCUT2D eigenvalue weighted by Crippen LogP contribution is -2.15. The van der Waals surface area contributed by atoms with Gasteiger partial charge in [0.25, 0.3) is 5.91 Å². The van der Waals surface area contributed by atoms with Crippen LogP contribution in [-0.2, 0) is 11.2 Å². The molecule has 6 nitrogen and oxygen atoms in total. The third-order valence-electron chi connectivity index (χ3n) is 5.60. The molecule has 0 saturated carbocycles. The summed E-state index contributed by atoms with van der Waals surface area (Å²) in [5.74, 6) is 0.0196. The molecule has 4 rings (SSSR count). The Morgan fingerprint density at radius 1 is 1.06 bits per heavy atom. The minimum atomic E-state index is -0.453. The van der Waals surface area contributed by atoms with E-state index < -0.39 is 5.97 Å². The summed E-state index contributed by atoms with van der Waals surface area (Å²) in [5, 5.41) is 4.19. The summed E-state index contributed by atoms with van der Waals surface area (Å²) >= 11 is 1.38. The Morgan fingerprint density at radius 3 is 2.47 bits per heavy atom. The van der Waals surface area contributed by atoms with Gasteiger partial charge in [-0.3, -0.25) is 4.79 Å². The van der Waals surface area contributed by atoms with E-state index in [0.29, 0.717) is 40.4 Å². The SMILES string of the molecule is CCOc1ccc(-c2cc(C(=O)Nc3sc(C)c(CC)c3C(=O)OC)c3ccccc3n2)cc1. The van der Waals surface area contributed by atoms with E-state index >= 15 is 0 Å². The maximum atomic E-state index is 13.5. The van der Waals surface area contributed by atoms with E-state index in [1.165, 1.54) is 18.4 Å². The molecule has 0 saturated heterocycles. The summed E-state index contributed by atoms with van der Waals surface area (Å²) in [6, 6.07) is 16.9. The first-order valence-corrected chi connectivity index (χ1v) is 11.9. The van der Waals surface area contributed by atoms with E-state index in [4.69, 9.17) is 14.5 Å². The topological polar surface area (TPSA) is 77.5 Å². The van der Waals surface area contributed by atoms with Crippen molar-refractivity contribution < 1.29 is 19.1 Å². The first-order valence-electron chi connectivity index (χ1n) is 11.1. The number of esters is 1. The molecule has 0 bridgehead atoms.